The smallest absolute Gasteiger partial charge is 0.326 e. The lowest BCUT2D eigenvalue weighted by molar-refractivity contribution is -0.139. The molecule has 0 radical (unpaired) electrons. The second kappa shape index (κ2) is 6.20. The maximum atomic E-state index is 11.8. The fourth-order valence-corrected chi connectivity index (χ4v) is 1.55. The van der Waals surface area contributed by atoms with Gasteiger partial charge in [0.1, 0.15) is 6.04 Å². The lowest BCUT2D eigenvalue weighted by atomic mass is 10.1. The second-order valence-corrected chi connectivity index (χ2v) is 3.92. The second-order valence-electron chi connectivity index (χ2n) is 3.51. The van der Waals surface area contributed by atoms with E-state index in [0.29, 0.717) is 12.8 Å². The number of carbonyl (C=O) groups is 2. The number of aromatic nitrogens is 1. The van der Waals surface area contributed by atoms with Gasteiger partial charge in [0.05, 0.1) is 10.6 Å². The molecular formula is C11H13ClN2O3. The van der Waals surface area contributed by atoms with E-state index in [9.17, 15) is 9.59 Å². The molecule has 92 valence electrons. The number of nitrogens with zero attached hydrogens (tertiary/aromatic N) is 1. The highest BCUT2D eigenvalue weighted by atomic mass is 35.5. The highest BCUT2D eigenvalue weighted by molar-refractivity contribution is 6.33. The molecule has 2 N–H and O–H groups in total. The molecular weight excluding hydrogens is 244 g/mol. The predicted octanol–water partition coefficient (Wildman–Crippen LogP) is 1.72. The Labute approximate surface area is 104 Å². The van der Waals surface area contributed by atoms with E-state index in [1.807, 2.05) is 6.92 Å². The molecule has 0 aromatic carbocycles. The number of amides is 1. The van der Waals surface area contributed by atoms with Crippen LogP contribution < -0.4 is 5.32 Å². The third-order valence-electron chi connectivity index (χ3n) is 2.20. The van der Waals surface area contributed by atoms with Gasteiger partial charge in [-0.2, -0.15) is 0 Å². The van der Waals surface area contributed by atoms with Crippen molar-refractivity contribution in [3.63, 3.8) is 0 Å². The van der Waals surface area contributed by atoms with E-state index in [4.69, 9.17) is 16.7 Å². The van der Waals surface area contributed by atoms with Gasteiger partial charge in [-0.1, -0.05) is 24.9 Å². The molecule has 0 aliphatic heterocycles. The zero-order valence-corrected chi connectivity index (χ0v) is 10.1. The number of aliphatic carboxylic acids is 1. The molecule has 0 aliphatic carbocycles. The van der Waals surface area contributed by atoms with Crippen LogP contribution in [0.3, 0.4) is 0 Å². The first-order valence-electron chi connectivity index (χ1n) is 5.19. The van der Waals surface area contributed by atoms with E-state index in [2.05, 4.69) is 10.3 Å². The van der Waals surface area contributed by atoms with Crippen LogP contribution in [-0.4, -0.2) is 28.0 Å². The Hall–Kier alpha value is -1.62. The summed E-state index contributed by atoms with van der Waals surface area (Å²) in [4.78, 5) is 26.4. The summed E-state index contributed by atoms with van der Waals surface area (Å²) in [6.07, 6.45) is 3.81. The Morgan fingerprint density at radius 1 is 1.59 bits per heavy atom. The maximum Gasteiger partial charge on any atom is 0.326 e. The lowest BCUT2D eigenvalue weighted by Gasteiger charge is -2.13. The molecule has 1 amide bonds. The van der Waals surface area contributed by atoms with E-state index in [1.165, 1.54) is 18.5 Å². The first-order chi connectivity index (χ1) is 8.06. The van der Waals surface area contributed by atoms with E-state index >= 15 is 0 Å². The number of carbonyl (C=O) groups excluding carboxylic acids is 1. The van der Waals surface area contributed by atoms with Gasteiger partial charge in [-0.25, -0.2) is 4.79 Å². The third-order valence-corrected chi connectivity index (χ3v) is 2.50. The Balaban J connectivity index is 2.77. The number of pyridine rings is 1. The van der Waals surface area contributed by atoms with E-state index in [1.54, 1.807) is 0 Å². The van der Waals surface area contributed by atoms with Gasteiger partial charge in [-0.15, -0.1) is 0 Å². The van der Waals surface area contributed by atoms with Gasteiger partial charge in [0.2, 0.25) is 0 Å². The Kier molecular flexibility index (Phi) is 4.90. The highest BCUT2D eigenvalue weighted by Gasteiger charge is 2.20. The molecule has 17 heavy (non-hydrogen) atoms. The average Bonchev–Trinajstić information content (AvgIpc) is 2.28. The summed E-state index contributed by atoms with van der Waals surface area (Å²) < 4.78 is 0. The standard InChI is InChI=1S/C11H13ClN2O3/c1-2-3-9(11(16)17)14-10(15)7-4-5-13-6-8(7)12/h4-6,9H,2-3H2,1H3,(H,14,15)(H,16,17)/t9-/m0/s1. The van der Waals surface area contributed by atoms with Crippen molar-refractivity contribution >= 4 is 23.5 Å². The van der Waals surface area contributed by atoms with E-state index < -0.39 is 17.9 Å². The van der Waals surface area contributed by atoms with Gasteiger partial charge < -0.3 is 10.4 Å². The fraction of sp³-hybridized carbons (Fsp3) is 0.364. The minimum absolute atomic E-state index is 0.200. The SMILES string of the molecule is CCC[C@H](NC(=O)c1ccncc1Cl)C(=O)O. The van der Waals surface area contributed by atoms with E-state index in [0.717, 1.165) is 0 Å². The zero-order valence-electron chi connectivity index (χ0n) is 9.31. The molecule has 1 heterocycles. The predicted molar refractivity (Wildman–Crippen MR) is 63.0 cm³/mol. The van der Waals surface area contributed by atoms with Gasteiger partial charge >= 0.3 is 5.97 Å². The molecule has 0 spiro atoms. The quantitative estimate of drug-likeness (QED) is 0.841. The van der Waals surface area contributed by atoms with E-state index in [-0.39, 0.29) is 10.6 Å². The number of nitrogens with one attached hydrogen (secondary N) is 1. The molecule has 0 unspecified atom stereocenters. The monoisotopic (exact) mass is 256 g/mol. The van der Waals surface area contributed by atoms with Crippen LogP contribution in [0, 0.1) is 0 Å². The maximum absolute atomic E-state index is 11.8. The summed E-state index contributed by atoms with van der Waals surface area (Å²) in [6, 6.07) is 0.555. The van der Waals surface area contributed by atoms with Crippen LogP contribution in [0.5, 0.6) is 0 Å². The lowest BCUT2D eigenvalue weighted by Crippen LogP contribution is -2.40. The molecule has 0 saturated heterocycles. The van der Waals surface area contributed by atoms with Crippen LogP contribution >= 0.6 is 11.6 Å². The fourth-order valence-electron chi connectivity index (χ4n) is 1.34. The molecule has 1 rings (SSSR count). The van der Waals surface area contributed by atoms with Crippen molar-refractivity contribution in [1.82, 2.24) is 10.3 Å². The average molecular weight is 257 g/mol. The number of halogens is 1. The highest BCUT2D eigenvalue weighted by Crippen LogP contribution is 2.13. The Morgan fingerprint density at radius 2 is 2.29 bits per heavy atom. The van der Waals surface area contributed by atoms with Crippen LogP contribution in [0.1, 0.15) is 30.1 Å². The Bertz CT molecular complexity index is 423. The van der Waals surface area contributed by atoms with Crippen LogP contribution in [0.4, 0.5) is 0 Å². The molecule has 1 atom stereocenters. The molecule has 1 aromatic rings. The Morgan fingerprint density at radius 3 is 2.82 bits per heavy atom. The van der Waals surface area contributed by atoms with Gasteiger partial charge in [0.25, 0.3) is 5.91 Å². The molecule has 6 heteroatoms. The minimum Gasteiger partial charge on any atom is -0.480 e. The van der Waals surface area contributed by atoms with Crippen LogP contribution in [-0.2, 0) is 4.79 Å². The normalized spacial score (nSPS) is 11.9. The number of hydrogen-bond acceptors (Lipinski definition) is 3. The summed E-state index contributed by atoms with van der Waals surface area (Å²) in [6.45, 7) is 1.85. The van der Waals surface area contributed by atoms with Crippen LogP contribution in [0.25, 0.3) is 0 Å². The summed E-state index contributed by atoms with van der Waals surface area (Å²) in [5.41, 5.74) is 0.226. The van der Waals surface area contributed by atoms with Crippen molar-refractivity contribution in [2.24, 2.45) is 0 Å². The molecule has 0 fully saturated rings. The number of rotatable bonds is 5. The number of carboxylic acid groups (broad SMARTS) is 1. The summed E-state index contributed by atoms with van der Waals surface area (Å²) in [5, 5.41) is 11.5. The first-order valence-corrected chi connectivity index (χ1v) is 5.57. The van der Waals surface area contributed by atoms with Gasteiger partial charge in [0.15, 0.2) is 0 Å². The molecule has 0 saturated carbocycles. The van der Waals surface area contributed by atoms with Gasteiger partial charge in [-0.05, 0) is 12.5 Å². The van der Waals surface area contributed by atoms with Crippen molar-refractivity contribution in [3.05, 3.63) is 29.0 Å². The number of carboxylic acids is 1. The topological polar surface area (TPSA) is 79.3 Å². The number of hydrogen-bond donors (Lipinski definition) is 2. The zero-order chi connectivity index (χ0) is 12.8. The van der Waals surface area contributed by atoms with Crippen molar-refractivity contribution in [2.75, 3.05) is 0 Å². The molecule has 0 aliphatic rings. The van der Waals surface area contributed by atoms with Crippen LogP contribution in [0.15, 0.2) is 18.5 Å². The largest absolute Gasteiger partial charge is 0.480 e. The molecule has 5 nitrogen and oxygen atoms in total. The van der Waals surface area contributed by atoms with Crippen LogP contribution in [0.2, 0.25) is 5.02 Å². The third kappa shape index (κ3) is 3.71. The van der Waals surface area contributed by atoms with Crippen molar-refractivity contribution in [2.45, 2.75) is 25.8 Å². The minimum atomic E-state index is -1.05. The first kappa shape index (κ1) is 13.4. The summed E-state index contributed by atoms with van der Waals surface area (Å²) in [5.74, 6) is -1.55. The summed E-state index contributed by atoms with van der Waals surface area (Å²) >= 11 is 5.79. The van der Waals surface area contributed by atoms with Crippen molar-refractivity contribution in [3.8, 4) is 0 Å². The van der Waals surface area contributed by atoms with Crippen molar-refractivity contribution in [1.29, 1.82) is 0 Å². The molecule has 1 aromatic heterocycles. The van der Waals surface area contributed by atoms with Gasteiger partial charge in [-0.3, -0.25) is 9.78 Å². The van der Waals surface area contributed by atoms with Crippen molar-refractivity contribution < 1.29 is 14.7 Å². The molecule has 0 bridgehead atoms. The summed E-state index contributed by atoms with van der Waals surface area (Å²) in [7, 11) is 0. The van der Waals surface area contributed by atoms with Gasteiger partial charge in [0, 0.05) is 12.4 Å².